The number of carbonyl (C=O) groups is 1. The summed E-state index contributed by atoms with van der Waals surface area (Å²) in [6.45, 7) is 4.41. The van der Waals surface area contributed by atoms with E-state index < -0.39 is 12.1 Å². The molecule has 3 nitrogen and oxygen atoms in total. The summed E-state index contributed by atoms with van der Waals surface area (Å²) in [4.78, 5) is 10.7. The number of hydrogen-bond acceptors (Lipinski definition) is 2. The van der Waals surface area contributed by atoms with Gasteiger partial charge in [-0.25, -0.2) is 4.79 Å². The summed E-state index contributed by atoms with van der Waals surface area (Å²) >= 11 is 0. The van der Waals surface area contributed by atoms with Crippen LogP contribution in [-0.4, -0.2) is 23.8 Å². The predicted octanol–water partition coefficient (Wildman–Crippen LogP) is 5.06. The van der Waals surface area contributed by atoms with Crippen LogP contribution in [0.25, 0.3) is 0 Å². The first-order valence-electron chi connectivity index (χ1n) is 8.16. The van der Waals surface area contributed by atoms with E-state index in [1.54, 1.807) is 0 Å². The van der Waals surface area contributed by atoms with E-state index in [-0.39, 0.29) is 0 Å². The lowest BCUT2D eigenvalue weighted by molar-refractivity contribution is -0.150. The largest absolute Gasteiger partial charge is 0.479 e. The maximum atomic E-state index is 10.7. The molecule has 0 saturated heterocycles. The van der Waals surface area contributed by atoms with Gasteiger partial charge in [0, 0.05) is 0 Å². The Hall–Kier alpha value is -1.61. The molecule has 0 aliphatic carbocycles. The van der Waals surface area contributed by atoms with Crippen LogP contribution in [0.2, 0.25) is 0 Å². The van der Waals surface area contributed by atoms with Gasteiger partial charge < -0.3 is 9.84 Å². The lowest BCUT2D eigenvalue weighted by Gasteiger charge is -2.09. The lowest BCUT2D eigenvalue weighted by atomic mass is 10.2. The van der Waals surface area contributed by atoms with Gasteiger partial charge in [-0.05, 0) is 38.5 Å². The van der Waals surface area contributed by atoms with E-state index in [9.17, 15) is 4.79 Å². The number of rotatable bonds is 13. The molecule has 22 heavy (non-hydrogen) atoms. The van der Waals surface area contributed by atoms with Gasteiger partial charge in [-0.2, -0.15) is 0 Å². The molecule has 0 bridgehead atoms. The number of hydrogen-bond donors (Lipinski definition) is 1. The molecule has 0 aromatic heterocycles. The van der Waals surface area contributed by atoms with Crippen LogP contribution in [0.3, 0.4) is 0 Å². The summed E-state index contributed by atoms with van der Waals surface area (Å²) in [5.41, 5.74) is 0. The van der Waals surface area contributed by atoms with Crippen molar-refractivity contribution in [3.63, 3.8) is 0 Å². The van der Waals surface area contributed by atoms with Gasteiger partial charge in [0.05, 0.1) is 6.61 Å². The Balaban J connectivity index is 3.56. The first-order valence-corrected chi connectivity index (χ1v) is 8.16. The maximum absolute atomic E-state index is 10.7. The fraction of sp³-hybridized carbons (Fsp3) is 0.526. The molecular formula is C19H30O3. The van der Waals surface area contributed by atoms with Crippen molar-refractivity contribution >= 4 is 5.97 Å². The monoisotopic (exact) mass is 306 g/mol. The van der Waals surface area contributed by atoms with E-state index in [1.165, 1.54) is 0 Å². The molecule has 0 heterocycles. The highest BCUT2D eigenvalue weighted by Gasteiger charge is 2.13. The molecule has 0 saturated carbocycles. The Kier molecular flexibility index (Phi) is 14.6. The number of allylic oxidation sites excluding steroid dienone is 7. The standard InChI is InChI=1S/C19H30O3/c1-3-5-6-7-8-9-10-11-12-13-14-15-16-17-22-18(4-2)19(20)21/h5-6,8-9,11-12,14-15,18H,3-4,7,10,13,16-17H2,1-2H3,(H,20,21). The summed E-state index contributed by atoms with van der Waals surface area (Å²) in [5.74, 6) is -0.882. The summed E-state index contributed by atoms with van der Waals surface area (Å²) < 4.78 is 5.27. The second kappa shape index (κ2) is 15.8. The van der Waals surface area contributed by atoms with Gasteiger partial charge in [-0.15, -0.1) is 0 Å². The van der Waals surface area contributed by atoms with E-state index >= 15 is 0 Å². The zero-order valence-corrected chi connectivity index (χ0v) is 13.9. The second-order valence-corrected chi connectivity index (χ2v) is 4.90. The van der Waals surface area contributed by atoms with Crippen molar-refractivity contribution in [1.29, 1.82) is 0 Å². The van der Waals surface area contributed by atoms with Crippen LogP contribution in [0.4, 0.5) is 0 Å². The molecule has 1 atom stereocenters. The highest BCUT2D eigenvalue weighted by Crippen LogP contribution is 2.00. The average molecular weight is 306 g/mol. The zero-order valence-electron chi connectivity index (χ0n) is 13.9. The van der Waals surface area contributed by atoms with E-state index in [4.69, 9.17) is 9.84 Å². The van der Waals surface area contributed by atoms with Crippen molar-refractivity contribution in [2.24, 2.45) is 0 Å². The molecule has 0 rings (SSSR count). The second-order valence-electron chi connectivity index (χ2n) is 4.90. The fourth-order valence-corrected chi connectivity index (χ4v) is 1.74. The molecule has 124 valence electrons. The van der Waals surface area contributed by atoms with Gasteiger partial charge in [0.15, 0.2) is 6.10 Å². The van der Waals surface area contributed by atoms with Crippen molar-refractivity contribution in [3.8, 4) is 0 Å². The van der Waals surface area contributed by atoms with E-state index in [0.717, 1.165) is 32.1 Å². The molecule has 0 aromatic carbocycles. The van der Waals surface area contributed by atoms with Crippen LogP contribution in [-0.2, 0) is 9.53 Å². The minimum absolute atomic E-state index is 0.457. The first-order chi connectivity index (χ1) is 10.7. The summed E-state index contributed by atoms with van der Waals surface area (Å²) in [5, 5.41) is 8.82. The molecule has 0 radical (unpaired) electrons. The molecule has 0 amide bonds. The third-order valence-electron chi connectivity index (χ3n) is 2.97. The fourth-order valence-electron chi connectivity index (χ4n) is 1.74. The molecule has 1 N–H and O–H groups in total. The van der Waals surface area contributed by atoms with Crippen LogP contribution in [0, 0.1) is 0 Å². The zero-order chi connectivity index (χ0) is 16.5. The molecule has 0 aromatic rings. The Labute approximate surface area is 135 Å². The van der Waals surface area contributed by atoms with Crippen molar-refractivity contribution in [2.45, 2.75) is 58.5 Å². The smallest absolute Gasteiger partial charge is 0.332 e. The third kappa shape index (κ3) is 13.4. The third-order valence-corrected chi connectivity index (χ3v) is 2.97. The van der Waals surface area contributed by atoms with Crippen molar-refractivity contribution in [1.82, 2.24) is 0 Å². The number of ether oxygens (including phenoxy) is 1. The van der Waals surface area contributed by atoms with Gasteiger partial charge in [-0.3, -0.25) is 0 Å². The average Bonchev–Trinajstić information content (AvgIpc) is 2.51. The summed E-state index contributed by atoms with van der Waals surface area (Å²) in [6, 6.07) is 0. The minimum atomic E-state index is -0.882. The molecule has 0 spiro atoms. The molecule has 0 aliphatic heterocycles. The van der Waals surface area contributed by atoms with Crippen LogP contribution >= 0.6 is 0 Å². The minimum Gasteiger partial charge on any atom is -0.479 e. The van der Waals surface area contributed by atoms with Crippen LogP contribution < -0.4 is 0 Å². The number of carboxylic acids is 1. The van der Waals surface area contributed by atoms with E-state index in [2.05, 4.69) is 49.5 Å². The van der Waals surface area contributed by atoms with Crippen LogP contribution in [0.5, 0.6) is 0 Å². The Bertz CT molecular complexity index is 378. The molecule has 0 fully saturated rings. The quantitative estimate of drug-likeness (QED) is 0.382. The highest BCUT2D eigenvalue weighted by atomic mass is 16.5. The Morgan fingerprint density at radius 2 is 1.41 bits per heavy atom. The van der Waals surface area contributed by atoms with Crippen LogP contribution in [0.15, 0.2) is 48.6 Å². The van der Waals surface area contributed by atoms with Gasteiger partial charge in [0.1, 0.15) is 0 Å². The maximum Gasteiger partial charge on any atom is 0.332 e. The van der Waals surface area contributed by atoms with Gasteiger partial charge in [-0.1, -0.05) is 62.5 Å². The van der Waals surface area contributed by atoms with Crippen molar-refractivity contribution < 1.29 is 14.6 Å². The highest BCUT2D eigenvalue weighted by molar-refractivity contribution is 5.72. The van der Waals surface area contributed by atoms with Gasteiger partial charge in [0.25, 0.3) is 0 Å². The van der Waals surface area contributed by atoms with Gasteiger partial charge >= 0.3 is 5.97 Å². The topological polar surface area (TPSA) is 46.5 Å². The van der Waals surface area contributed by atoms with E-state index in [0.29, 0.717) is 13.0 Å². The molecule has 1 unspecified atom stereocenters. The molecular weight excluding hydrogens is 276 g/mol. The van der Waals surface area contributed by atoms with Crippen molar-refractivity contribution in [2.75, 3.05) is 6.61 Å². The first kappa shape index (κ1) is 20.4. The summed E-state index contributed by atoms with van der Waals surface area (Å²) in [7, 11) is 0. The lowest BCUT2D eigenvalue weighted by Crippen LogP contribution is -2.23. The number of carboxylic acid groups (broad SMARTS) is 1. The number of aliphatic carboxylic acids is 1. The molecule has 3 heteroatoms. The van der Waals surface area contributed by atoms with Gasteiger partial charge in [0.2, 0.25) is 0 Å². The molecule has 0 aliphatic rings. The van der Waals surface area contributed by atoms with Crippen LogP contribution in [0.1, 0.15) is 52.4 Å². The Morgan fingerprint density at radius 1 is 0.909 bits per heavy atom. The van der Waals surface area contributed by atoms with Crippen molar-refractivity contribution in [3.05, 3.63) is 48.6 Å². The Morgan fingerprint density at radius 3 is 1.86 bits per heavy atom. The normalized spacial score (nSPS) is 13.9. The van der Waals surface area contributed by atoms with E-state index in [1.807, 2.05) is 13.0 Å². The SMILES string of the molecule is CCC=CCC=CCC=CCC=CCCOC(CC)C(=O)O. The predicted molar refractivity (Wildman–Crippen MR) is 93.0 cm³/mol. The summed E-state index contributed by atoms with van der Waals surface area (Å²) in [6.07, 6.45) is 21.7.